The molecule has 1 aromatic rings. The van der Waals surface area contributed by atoms with Crippen LogP contribution in [0.3, 0.4) is 0 Å². The molecule has 1 unspecified atom stereocenters. The molecule has 1 atom stereocenters. The Bertz CT molecular complexity index is 542. The lowest BCUT2D eigenvalue weighted by Crippen LogP contribution is -2.37. The van der Waals surface area contributed by atoms with Gasteiger partial charge in [-0.1, -0.05) is 0 Å². The van der Waals surface area contributed by atoms with Crippen molar-refractivity contribution in [3.8, 4) is 0 Å². The molecule has 1 aliphatic heterocycles. The van der Waals surface area contributed by atoms with Gasteiger partial charge in [-0.2, -0.15) is 0 Å². The van der Waals surface area contributed by atoms with Crippen LogP contribution < -0.4 is 10.9 Å². The first-order chi connectivity index (χ1) is 9.00. The number of ether oxygens (including phenoxy) is 1. The molecule has 1 amide bonds. The second kappa shape index (κ2) is 5.57. The largest absolute Gasteiger partial charge is 0.376 e. The zero-order valence-electron chi connectivity index (χ0n) is 11.7. The predicted octanol–water partition coefficient (Wildman–Crippen LogP) is 0.911. The number of hydrogen-bond donors (Lipinski definition) is 1. The topological polar surface area (TPSA) is 60.3 Å². The van der Waals surface area contributed by atoms with E-state index in [9.17, 15) is 9.59 Å². The van der Waals surface area contributed by atoms with Gasteiger partial charge in [0.15, 0.2) is 0 Å². The molecule has 1 fully saturated rings. The van der Waals surface area contributed by atoms with Gasteiger partial charge in [0, 0.05) is 25.9 Å². The van der Waals surface area contributed by atoms with Crippen molar-refractivity contribution < 1.29 is 9.53 Å². The van der Waals surface area contributed by atoms with Crippen LogP contribution in [0.15, 0.2) is 10.9 Å². The molecule has 2 heterocycles. The summed E-state index contributed by atoms with van der Waals surface area (Å²) < 4.78 is 6.94. The highest BCUT2D eigenvalue weighted by atomic mass is 16.5. The summed E-state index contributed by atoms with van der Waals surface area (Å²) in [5.41, 5.74) is 1.54. The van der Waals surface area contributed by atoms with Gasteiger partial charge in [-0.3, -0.25) is 9.59 Å². The maximum absolute atomic E-state index is 12.1. The SMILES string of the molecule is Cc1cc(C)n(C)c(=O)c1C(=O)NCC1CCCO1. The highest BCUT2D eigenvalue weighted by molar-refractivity contribution is 5.95. The number of aromatic nitrogens is 1. The summed E-state index contributed by atoms with van der Waals surface area (Å²) in [6.45, 7) is 4.86. The molecule has 0 saturated carbocycles. The Labute approximate surface area is 112 Å². The quantitative estimate of drug-likeness (QED) is 0.882. The molecule has 1 aliphatic rings. The summed E-state index contributed by atoms with van der Waals surface area (Å²) in [5.74, 6) is -0.311. The van der Waals surface area contributed by atoms with Gasteiger partial charge in [0.2, 0.25) is 0 Å². The summed E-state index contributed by atoms with van der Waals surface area (Å²) in [5, 5.41) is 2.79. The third-order valence-corrected chi connectivity index (χ3v) is 3.61. The van der Waals surface area contributed by atoms with Gasteiger partial charge >= 0.3 is 0 Å². The molecule has 0 aliphatic carbocycles. The van der Waals surface area contributed by atoms with E-state index in [4.69, 9.17) is 4.74 Å². The molecule has 2 rings (SSSR count). The molecule has 0 aromatic carbocycles. The Hall–Kier alpha value is -1.62. The lowest BCUT2D eigenvalue weighted by Gasteiger charge is -2.13. The first kappa shape index (κ1) is 13.8. The van der Waals surface area contributed by atoms with Crippen LogP contribution in [-0.4, -0.2) is 29.7 Å². The number of hydrogen-bond acceptors (Lipinski definition) is 3. The highest BCUT2D eigenvalue weighted by Gasteiger charge is 2.19. The molecule has 1 aromatic heterocycles. The van der Waals surface area contributed by atoms with Gasteiger partial charge in [-0.15, -0.1) is 0 Å². The number of nitrogens with one attached hydrogen (secondary N) is 1. The standard InChI is InChI=1S/C14H20N2O3/c1-9-7-10(2)16(3)14(18)12(9)13(17)15-8-11-5-4-6-19-11/h7,11H,4-6,8H2,1-3H3,(H,15,17). The average molecular weight is 264 g/mol. The van der Waals surface area contributed by atoms with Gasteiger partial charge in [-0.25, -0.2) is 0 Å². The Morgan fingerprint density at radius 2 is 2.26 bits per heavy atom. The third-order valence-electron chi connectivity index (χ3n) is 3.61. The smallest absolute Gasteiger partial charge is 0.263 e. The highest BCUT2D eigenvalue weighted by Crippen LogP contribution is 2.11. The number of nitrogens with zero attached hydrogens (tertiary/aromatic N) is 1. The summed E-state index contributed by atoms with van der Waals surface area (Å²) in [7, 11) is 1.67. The van der Waals surface area contributed by atoms with E-state index >= 15 is 0 Å². The normalized spacial score (nSPS) is 18.6. The number of carbonyl (C=O) groups excluding carboxylic acids is 1. The predicted molar refractivity (Wildman–Crippen MR) is 72.5 cm³/mol. The van der Waals surface area contributed by atoms with Crippen molar-refractivity contribution >= 4 is 5.91 Å². The van der Waals surface area contributed by atoms with E-state index in [1.807, 2.05) is 13.0 Å². The van der Waals surface area contributed by atoms with Crippen molar-refractivity contribution in [1.82, 2.24) is 9.88 Å². The second-order valence-corrected chi connectivity index (χ2v) is 5.05. The monoisotopic (exact) mass is 264 g/mol. The van der Waals surface area contributed by atoms with Gasteiger partial charge in [0.25, 0.3) is 11.5 Å². The molecular formula is C14H20N2O3. The van der Waals surface area contributed by atoms with Crippen molar-refractivity contribution in [3.05, 3.63) is 33.2 Å². The Balaban J connectivity index is 2.14. The fourth-order valence-corrected chi connectivity index (χ4v) is 2.36. The molecule has 104 valence electrons. The molecule has 0 radical (unpaired) electrons. The zero-order valence-corrected chi connectivity index (χ0v) is 11.7. The molecule has 1 saturated heterocycles. The van der Waals surface area contributed by atoms with E-state index in [1.165, 1.54) is 4.57 Å². The molecule has 1 N–H and O–H groups in total. The van der Waals surface area contributed by atoms with Crippen molar-refractivity contribution in [1.29, 1.82) is 0 Å². The van der Waals surface area contributed by atoms with E-state index in [2.05, 4.69) is 5.32 Å². The van der Waals surface area contributed by atoms with Gasteiger partial charge < -0.3 is 14.6 Å². The molecule has 19 heavy (non-hydrogen) atoms. The minimum Gasteiger partial charge on any atom is -0.376 e. The Morgan fingerprint density at radius 3 is 2.89 bits per heavy atom. The fourth-order valence-electron chi connectivity index (χ4n) is 2.36. The number of rotatable bonds is 3. The van der Waals surface area contributed by atoms with Crippen LogP contribution >= 0.6 is 0 Å². The lowest BCUT2D eigenvalue weighted by molar-refractivity contribution is 0.0855. The van der Waals surface area contributed by atoms with Crippen molar-refractivity contribution in [2.45, 2.75) is 32.8 Å². The Morgan fingerprint density at radius 1 is 1.53 bits per heavy atom. The van der Waals surface area contributed by atoms with Gasteiger partial charge in [0.05, 0.1) is 6.10 Å². The summed E-state index contributed by atoms with van der Waals surface area (Å²) >= 11 is 0. The maximum atomic E-state index is 12.1. The molecule has 5 heteroatoms. The molecular weight excluding hydrogens is 244 g/mol. The molecule has 5 nitrogen and oxygen atoms in total. The van der Waals surface area contributed by atoms with Crippen LogP contribution in [-0.2, 0) is 11.8 Å². The van der Waals surface area contributed by atoms with Crippen molar-refractivity contribution in [2.75, 3.05) is 13.2 Å². The van der Waals surface area contributed by atoms with E-state index in [-0.39, 0.29) is 23.1 Å². The number of amides is 1. The first-order valence-electron chi connectivity index (χ1n) is 6.57. The van der Waals surface area contributed by atoms with E-state index in [0.717, 1.165) is 25.1 Å². The van der Waals surface area contributed by atoms with Gasteiger partial charge in [0.1, 0.15) is 5.56 Å². The van der Waals surface area contributed by atoms with E-state index < -0.39 is 0 Å². The fraction of sp³-hybridized carbons (Fsp3) is 0.571. The number of pyridine rings is 1. The van der Waals surface area contributed by atoms with Crippen molar-refractivity contribution in [3.63, 3.8) is 0 Å². The van der Waals surface area contributed by atoms with Crippen LogP contribution in [0.2, 0.25) is 0 Å². The summed E-state index contributed by atoms with van der Waals surface area (Å²) in [6.07, 6.45) is 2.08. The average Bonchev–Trinajstić information content (AvgIpc) is 2.86. The first-order valence-corrected chi connectivity index (χ1v) is 6.57. The zero-order chi connectivity index (χ0) is 14.0. The van der Waals surface area contributed by atoms with Crippen LogP contribution in [0.4, 0.5) is 0 Å². The van der Waals surface area contributed by atoms with E-state index in [0.29, 0.717) is 12.1 Å². The van der Waals surface area contributed by atoms with Crippen LogP contribution in [0.5, 0.6) is 0 Å². The number of carbonyl (C=O) groups is 1. The van der Waals surface area contributed by atoms with Crippen LogP contribution in [0, 0.1) is 13.8 Å². The summed E-state index contributed by atoms with van der Waals surface area (Å²) in [4.78, 5) is 24.2. The third kappa shape index (κ3) is 2.87. The van der Waals surface area contributed by atoms with Crippen LogP contribution in [0.25, 0.3) is 0 Å². The Kier molecular flexibility index (Phi) is 4.04. The molecule has 0 spiro atoms. The van der Waals surface area contributed by atoms with E-state index in [1.54, 1.807) is 14.0 Å². The van der Waals surface area contributed by atoms with Crippen molar-refractivity contribution in [2.24, 2.45) is 7.05 Å². The molecule has 0 bridgehead atoms. The summed E-state index contributed by atoms with van der Waals surface area (Å²) in [6, 6.07) is 1.85. The number of aryl methyl sites for hydroxylation is 2. The second-order valence-electron chi connectivity index (χ2n) is 5.05. The minimum atomic E-state index is -0.311. The maximum Gasteiger partial charge on any atom is 0.263 e. The van der Waals surface area contributed by atoms with Gasteiger partial charge in [-0.05, 0) is 38.3 Å². The lowest BCUT2D eigenvalue weighted by atomic mass is 10.1. The minimum absolute atomic E-state index is 0.0820. The van der Waals surface area contributed by atoms with Crippen LogP contribution in [0.1, 0.15) is 34.5 Å².